The maximum atomic E-state index is 12.4. The van der Waals surface area contributed by atoms with Gasteiger partial charge in [-0.2, -0.15) is 4.74 Å². The molecule has 1 heterocycles. The molecule has 3 rings (SSSR count). The average molecular weight is 321 g/mol. The minimum absolute atomic E-state index is 0.299. The molecule has 0 saturated heterocycles. The number of carbonyl (C=O) groups is 1. The topological polar surface area (TPSA) is 55.2 Å². The number of hydrogen-bond donors (Lipinski definition) is 1. The normalized spacial score (nSPS) is 14.5. The molecule has 0 saturated carbocycles. The van der Waals surface area contributed by atoms with Crippen LogP contribution in [0.25, 0.3) is 0 Å². The van der Waals surface area contributed by atoms with Crippen LogP contribution in [0.2, 0.25) is 10.0 Å². The van der Waals surface area contributed by atoms with Gasteiger partial charge >= 0.3 is 0 Å². The fourth-order valence-corrected chi connectivity index (χ4v) is 2.68. The lowest BCUT2D eigenvalue weighted by atomic mass is 10.0. The summed E-state index contributed by atoms with van der Waals surface area (Å²) in [6.07, 6.45) is 0. The molecule has 1 aliphatic heterocycles. The third-order valence-electron chi connectivity index (χ3n) is 3.18. The lowest BCUT2D eigenvalue weighted by Crippen LogP contribution is -2.24. The van der Waals surface area contributed by atoms with Crippen molar-refractivity contribution < 1.29 is 9.53 Å². The Bertz CT molecular complexity index is 772. The molecule has 0 aliphatic carbocycles. The van der Waals surface area contributed by atoms with Crippen LogP contribution in [-0.2, 0) is 4.79 Å². The largest absolute Gasteiger partial charge is 0.623 e. The van der Waals surface area contributed by atoms with Crippen LogP contribution in [0, 0.1) is 5.21 Å². The summed E-state index contributed by atoms with van der Waals surface area (Å²) in [4.78, 5) is 11.8. The van der Waals surface area contributed by atoms with Crippen LogP contribution in [0.5, 0.6) is 0 Å². The number of benzodiazepines with no additional fused rings is 1. The second-order valence-electron chi connectivity index (χ2n) is 4.60. The van der Waals surface area contributed by atoms with E-state index in [1.165, 1.54) is 0 Å². The average Bonchev–Trinajstić information content (AvgIpc) is 2.55. The number of hydrogen-bond acceptors (Lipinski definition) is 2. The fraction of sp³-hybridized carbons (Fsp3) is 0.0667. The highest BCUT2D eigenvalue weighted by molar-refractivity contribution is 6.36. The number of carbonyl (C=O) groups excluding carboxylic acids is 1. The van der Waals surface area contributed by atoms with Crippen LogP contribution in [0.4, 0.5) is 5.69 Å². The van der Waals surface area contributed by atoms with Gasteiger partial charge in [0.25, 0.3) is 5.91 Å². The molecule has 0 aromatic heterocycles. The van der Waals surface area contributed by atoms with Crippen molar-refractivity contribution in [1.82, 2.24) is 0 Å². The van der Waals surface area contributed by atoms with E-state index in [1.54, 1.807) is 42.5 Å². The number of nitrogens with zero attached hydrogens (tertiary/aromatic N) is 1. The van der Waals surface area contributed by atoms with E-state index in [0.29, 0.717) is 37.3 Å². The first-order chi connectivity index (χ1) is 10.1. The molecule has 1 N–H and O–H groups in total. The van der Waals surface area contributed by atoms with E-state index in [9.17, 15) is 10.0 Å². The number of hydroxylamine groups is 1. The highest BCUT2D eigenvalue weighted by Crippen LogP contribution is 2.28. The van der Waals surface area contributed by atoms with Crippen molar-refractivity contribution in [2.75, 3.05) is 11.9 Å². The van der Waals surface area contributed by atoms with Crippen molar-refractivity contribution in [2.45, 2.75) is 0 Å². The van der Waals surface area contributed by atoms with Gasteiger partial charge in [-0.25, -0.2) is 0 Å². The number of anilines is 1. The lowest BCUT2D eigenvalue weighted by Gasteiger charge is -2.11. The molecular weight excluding hydrogens is 311 g/mol. The Balaban J connectivity index is 2.31. The number of fused-ring (bicyclic) bond motifs is 1. The van der Waals surface area contributed by atoms with Gasteiger partial charge in [0.05, 0.1) is 21.8 Å². The van der Waals surface area contributed by atoms with Crippen molar-refractivity contribution in [3.8, 4) is 0 Å². The summed E-state index contributed by atoms with van der Waals surface area (Å²) in [6.45, 7) is -0.299. The van der Waals surface area contributed by atoms with Gasteiger partial charge in [0.2, 0.25) is 12.3 Å². The maximum Gasteiger partial charge on any atom is 0.291 e. The van der Waals surface area contributed by atoms with Gasteiger partial charge in [-0.1, -0.05) is 35.3 Å². The fourth-order valence-electron chi connectivity index (χ4n) is 2.29. The summed E-state index contributed by atoms with van der Waals surface area (Å²) in [5.41, 5.74) is 1.99. The number of benzene rings is 2. The van der Waals surface area contributed by atoms with Crippen molar-refractivity contribution in [3.05, 3.63) is 68.8 Å². The molecule has 21 heavy (non-hydrogen) atoms. The highest BCUT2D eigenvalue weighted by atomic mass is 35.5. The van der Waals surface area contributed by atoms with Crippen molar-refractivity contribution in [3.63, 3.8) is 0 Å². The maximum absolute atomic E-state index is 12.4. The summed E-state index contributed by atoms with van der Waals surface area (Å²) in [5, 5.41) is 16.0. The standard InChI is InChI=1S/C15H10Cl2N2O2/c16-9-5-6-13-11(7-9)15(19(21)8-14(20)18-13)10-3-1-2-4-12(10)17/h1-7H,8H2,(H,18,20). The van der Waals surface area contributed by atoms with Gasteiger partial charge in [-0.3, -0.25) is 4.79 Å². The third-order valence-corrected chi connectivity index (χ3v) is 3.74. The summed E-state index contributed by atoms with van der Waals surface area (Å²) >= 11 is 12.2. The Labute approximate surface area is 131 Å². The first kappa shape index (κ1) is 13.9. The smallest absolute Gasteiger partial charge is 0.291 e. The molecule has 1 aliphatic rings. The van der Waals surface area contributed by atoms with Gasteiger partial charge in [0.15, 0.2) is 0 Å². The second-order valence-corrected chi connectivity index (χ2v) is 5.45. The zero-order valence-corrected chi connectivity index (χ0v) is 12.3. The third kappa shape index (κ3) is 2.60. The molecule has 1 amide bonds. The molecule has 2 aromatic carbocycles. The Morgan fingerprint density at radius 3 is 2.62 bits per heavy atom. The summed E-state index contributed by atoms with van der Waals surface area (Å²) in [7, 11) is 0. The zero-order valence-electron chi connectivity index (χ0n) is 10.8. The molecule has 106 valence electrons. The molecule has 6 heteroatoms. The molecule has 0 atom stereocenters. The number of amides is 1. The predicted molar refractivity (Wildman–Crippen MR) is 83.2 cm³/mol. The summed E-state index contributed by atoms with van der Waals surface area (Å²) in [6, 6.07) is 12.0. The van der Waals surface area contributed by atoms with Crippen LogP contribution < -0.4 is 5.32 Å². The lowest BCUT2D eigenvalue weighted by molar-refractivity contribution is -0.443. The minimum Gasteiger partial charge on any atom is -0.623 e. The van der Waals surface area contributed by atoms with Crippen LogP contribution in [0.3, 0.4) is 0 Å². The highest BCUT2D eigenvalue weighted by Gasteiger charge is 2.27. The van der Waals surface area contributed by atoms with E-state index in [4.69, 9.17) is 23.2 Å². The molecule has 0 fully saturated rings. The van der Waals surface area contributed by atoms with Gasteiger partial charge < -0.3 is 10.5 Å². The predicted octanol–water partition coefficient (Wildman–Crippen LogP) is 3.29. The van der Waals surface area contributed by atoms with Crippen molar-refractivity contribution >= 4 is 40.5 Å². The molecule has 0 bridgehead atoms. The van der Waals surface area contributed by atoms with E-state index >= 15 is 0 Å². The van der Waals surface area contributed by atoms with Crippen LogP contribution in [0.15, 0.2) is 42.5 Å². The first-order valence-corrected chi connectivity index (χ1v) is 6.98. The van der Waals surface area contributed by atoms with Crippen molar-refractivity contribution in [2.24, 2.45) is 0 Å². The molecule has 0 spiro atoms. The monoisotopic (exact) mass is 320 g/mol. The van der Waals surface area contributed by atoms with E-state index < -0.39 is 0 Å². The molecule has 0 unspecified atom stereocenters. The Hall–Kier alpha value is -2.04. The van der Waals surface area contributed by atoms with E-state index in [1.807, 2.05) is 0 Å². The van der Waals surface area contributed by atoms with Crippen LogP contribution >= 0.6 is 23.2 Å². The number of nitrogens with one attached hydrogen (secondary N) is 1. The summed E-state index contributed by atoms with van der Waals surface area (Å²) in [5.74, 6) is -0.379. The first-order valence-electron chi connectivity index (χ1n) is 6.22. The SMILES string of the molecule is O=C1C[N+]([O-])=C(c2ccccc2Cl)c2cc(Cl)ccc2N1. The molecular formula is C15H10Cl2N2O2. The van der Waals surface area contributed by atoms with Crippen LogP contribution in [0.1, 0.15) is 11.1 Å². The zero-order chi connectivity index (χ0) is 15.0. The van der Waals surface area contributed by atoms with Crippen molar-refractivity contribution in [1.29, 1.82) is 0 Å². The number of halogens is 2. The van der Waals surface area contributed by atoms with Gasteiger partial charge in [0, 0.05) is 5.02 Å². The second kappa shape index (κ2) is 5.39. The van der Waals surface area contributed by atoms with E-state index in [2.05, 4.69) is 5.32 Å². The molecule has 4 nitrogen and oxygen atoms in total. The Kier molecular flexibility index (Phi) is 3.57. The van der Waals surface area contributed by atoms with E-state index in [0.717, 1.165) is 0 Å². The number of rotatable bonds is 1. The molecule has 0 radical (unpaired) electrons. The quantitative estimate of drug-likeness (QED) is 0.647. The summed E-state index contributed by atoms with van der Waals surface area (Å²) < 4.78 is 0.638. The van der Waals surface area contributed by atoms with Gasteiger partial charge in [-0.15, -0.1) is 0 Å². The molecule has 2 aromatic rings. The Morgan fingerprint density at radius 1 is 1.10 bits per heavy atom. The van der Waals surface area contributed by atoms with E-state index in [-0.39, 0.29) is 12.5 Å². The minimum atomic E-state index is -0.379. The Morgan fingerprint density at radius 2 is 1.86 bits per heavy atom. The van der Waals surface area contributed by atoms with Gasteiger partial charge in [-0.05, 0) is 30.3 Å². The van der Waals surface area contributed by atoms with Crippen LogP contribution in [-0.4, -0.2) is 22.9 Å². The van der Waals surface area contributed by atoms with Gasteiger partial charge in [0.1, 0.15) is 0 Å².